The minimum atomic E-state index is 0.00861. The molecule has 4 nitrogen and oxygen atoms in total. The number of nitrogens with zero attached hydrogens (tertiary/aromatic N) is 2. The minimum absolute atomic E-state index is 0.00861. The van der Waals surface area contributed by atoms with Crippen LogP contribution in [0.5, 0.6) is 0 Å². The van der Waals surface area contributed by atoms with Gasteiger partial charge in [0.1, 0.15) is 5.58 Å². The number of para-hydroxylation sites is 1. The summed E-state index contributed by atoms with van der Waals surface area (Å²) in [4.78, 5) is 12.2. The van der Waals surface area contributed by atoms with Gasteiger partial charge < -0.3 is 4.42 Å². The second-order valence-electron chi connectivity index (χ2n) is 4.64. The first kappa shape index (κ1) is 13.1. The Labute approximate surface area is 124 Å². The van der Waals surface area contributed by atoms with Gasteiger partial charge in [0.2, 0.25) is 0 Å². The molecule has 2 heterocycles. The van der Waals surface area contributed by atoms with E-state index in [0.29, 0.717) is 18.6 Å². The van der Waals surface area contributed by atoms with Gasteiger partial charge >= 0.3 is 0 Å². The van der Waals surface area contributed by atoms with Gasteiger partial charge in [0.15, 0.2) is 11.5 Å². The molecule has 102 valence electrons. The summed E-state index contributed by atoms with van der Waals surface area (Å²) in [7, 11) is 1.87. The predicted molar refractivity (Wildman–Crippen MR) is 79.8 cm³/mol. The maximum Gasteiger partial charge on any atom is 0.198 e. The zero-order chi connectivity index (χ0) is 14.1. The highest BCUT2D eigenvalue weighted by Gasteiger charge is 2.14. The Kier molecular flexibility index (Phi) is 3.44. The van der Waals surface area contributed by atoms with Gasteiger partial charge in [-0.25, -0.2) is 0 Å². The first-order valence-corrected chi connectivity index (χ1v) is 7.12. The third kappa shape index (κ3) is 2.41. The summed E-state index contributed by atoms with van der Waals surface area (Å²) in [5, 5.41) is 5.02. The fourth-order valence-corrected chi connectivity index (χ4v) is 2.64. The number of hydrogen-bond donors (Lipinski definition) is 0. The van der Waals surface area contributed by atoms with Gasteiger partial charge in [-0.3, -0.25) is 9.48 Å². The molecule has 0 aliphatic rings. The maximum absolute atomic E-state index is 12.2. The van der Waals surface area contributed by atoms with E-state index in [9.17, 15) is 4.79 Å². The molecule has 5 heteroatoms. The maximum atomic E-state index is 12.2. The van der Waals surface area contributed by atoms with Crippen LogP contribution >= 0.6 is 15.9 Å². The first-order chi connectivity index (χ1) is 9.65. The Morgan fingerprint density at radius 2 is 2.25 bits per heavy atom. The molecule has 0 amide bonds. The van der Waals surface area contributed by atoms with E-state index < -0.39 is 0 Å². The number of carbonyl (C=O) groups is 1. The number of aromatic nitrogens is 2. The van der Waals surface area contributed by atoms with Gasteiger partial charge in [0.05, 0.1) is 4.47 Å². The third-order valence-corrected chi connectivity index (χ3v) is 3.93. The Bertz CT molecular complexity index is 773. The lowest BCUT2D eigenvalue weighted by Gasteiger charge is -1.99. The molecule has 3 aromatic rings. The Morgan fingerprint density at radius 1 is 1.40 bits per heavy atom. The highest BCUT2D eigenvalue weighted by molar-refractivity contribution is 9.10. The lowest BCUT2D eigenvalue weighted by Crippen LogP contribution is -2.03. The summed E-state index contributed by atoms with van der Waals surface area (Å²) in [5.74, 6) is 0.420. The van der Waals surface area contributed by atoms with Gasteiger partial charge in [-0.1, -0.05) is 12.1 Å². The van der Waals surface area contributed by atoms with Crippen LogP contribution in [0.4, 0.5) is 0 Å². The van der Waals surface area contributed by atoms with E-state index in [0.717, 1.165) is 21.1 Å². The molecule has 0 fully saturated rings. The van der Waals surface area contributed by atoms with Crippen LogP contribution in [-0.4, -0.2) is 15.6 Å². The van der Waals surface area contributed by atoms with Crippen molar-refractivity contribution in [3.8, 4) is 0 Å². The number of aryl methyl sites for hydroxylation is 2. The van der Waals surface area contributed by atoms with Crippen LogP contribution in [0.3, 0.4) is 0 Å². The molecule has 0 radical (unpaired) electrons. The summed E-state index contributed by atoms with van der Waals surface area (Å²) in [6, 6.07) is 9.47. The molecule has 0 atom stereocenters. The van der Waals surface area contributed by atoms with Crippen LogP contribution < -0.4 is 0 Å². The highest BCUT2D eigenvalue weighted by Crippen LogP contribution is 2.27. The van der Waals surface area contributed by atoms with Crippen LogP contribution in [0.15, 0.2) is 45.4 Å². The van der Waals surface area contributed by atoms with E-state index in [1.54, 1.807) is 16.9 Å². The van der Waals surface area contributed by atoms with Crippen LogP contribution in [0.1, 0.15) is 22.7 Å². The quantitative estimate of drug-likeness (QED) is 0.683. The van der Waals surface area contributed by atoms with Crippen LogP contribution in [0.25, 0.3) is 11.0 Å². The number of fused-ring (bicyclic) bond motifs is 1. The minimum Gasteiger partial charge on any atom is -0.452 e. The fraction of sp³-hybridized carbons (Fsp3) is 0.200. The van der Waals surface area contributed by atoms with E-state index in [-0.39, 0.29) is 5.78 Å². The molecular weight excluding hydrogens is 320 g/mol. The number of ketones is 1. The van der Waals surface area contributed by atoms with Crippen LogP contribution in [-0.2, 0) is 13.5 Å². The molecule has 0 saturated carbocycles. The van der Waals surface area contributed by atoms with Gasteiger partial charge in [-0.05, 0) is 40.5 Å². The topological polar surface area (TPSA) is 48.0 Å². The van der Waals surface area contributed by atoms with Gasteiger partial charge in [0.25, 0.3) is 0 Å². The van der Waals surface area contributed by atoms with E-state index in [2.05, 4.69) is 21.0 Å². The highest BCUT2D eigenvalue weighted by atomic mass is 79.9. The van der Waals surface area contributed by atoms with Gasteiger partial charge in [-0.2, -0.15) is 5.10 Å². The molecule has 3 rings (SSSR count). The number of rotatable bonds is 4. The normalized spacial score (nSPS) is 11.1. The van der Waals surface area contributed by atoms with Crippen LogP contribution in [0.2, 0.25) is 0 Å². The van der Waals surface area contributed by atoms with Crippen molar-refractivity contribution in [2.75, 3.05) is 0 Å². The summed E-state index contributed by atoms with van der Waals surface area (Å²) in [5.41, 5.74) is 1.76. The molecule has 0 bridgehead atoms. The summed E-state index contributed by atoms with van der Waals surface area (Å²) >= 11 is 3.42. The second-order valence-corrected chi connectivity index (χ2v) is 5.49. The molecule has 1 aromatic carbocycles. The van der Waals surface area contributed by atoms with E-state index in [1.165, 1.54) is 0 Å². The smallest absolute Gasteiger partial charge is 0.198 e. The summed E-state index contributed by atoms with van der Waals surface area (Å²) in [6.07, 6.45) is 2.81. The molecule has 0 unspecified atom stereocenters. The third-order valence-electron chi connectivity index (χ3n) is 3.30. The van der Waals surface area contributed by atoms with E-state index in [4.69, 9.17) is 4.42 Å². The molecule has 0 aliphatic heterocycles. The number of hydrogen-bond acceptors (Lipinski definition) is 3. The van der Waals surface area contributed by atoms with Gasteiger partial charge in [-0.15, -0.1) is 0 Å². The van der Waals surface area contributed by atoms with Crippen molar-refractivity contribution in [1.29, 1.82) is 0 Å². The number of halogens is 1. The Balaban J connectivity index is 1.79. The molecule has 0 aliphatic carbocycles. The zero-order valence-corrected chi connectivity index (χ0v) is 12.6. The molecule has 0 N–H and O–H groups in total. The number of benzene rings is 1. The van der Waals surface area contributed by atoms with Crippen molar-refractivity contribution >= 4 is 32.7 Å². The molecule has 0 spiro atoms. The predicted octanol–water partition coefficient (Wildman–Crippen LogP) is 3.74. The van der Waals surface area contributed by atoms with Crippen molar-refractivity contribution in [3.63, 3.8) is 0 Å². The summed E-state index contributed by atoms with van der Waals surface area (Å²) < 4.78 is 8.28. The van der Waals surface area contributed by atoms with Crippen molar-refractivity contribution in [1.82, 2.24) is 9.78 Å². The number of Topliss-reactive ketones (excluding diaryl/α,β-unsaturated/α-hetero) is 1. The molecular formula is C15H13BrN2O2. The van der Waals surface area contributed by atoms with E-state index in [1.807, 2.05) is 31.3 Å². The van der Waals surface area contributed by atoms with E-state index >= 15 is 0 Å². The van der Waals surface area contributed by atoms with Crippen molar-refractivity contribution < 1.29 is 9.21 Å². The monoisotopic (exact) mass is 332 g/mol. The van der Waals surface area contributed by atoms with Crippen molar-refractivity contribution in [2.45, 2.75) is 12.8 Å². The number of carbonyl (C=O) groups excluding carboxylic acids is 1. The number of furan rings is 1. The molecule has 2 aromatic heterocycles. The molecule has 0 saturated heterocycles. The summed E-state index contributed by atoms with van der Waals surface area (Å²) in [6.45, 7) is 0. The lowest BCUT2D eigenvalue weighted by atomic mass is 10.1. The Hall–Kier alpha value is -1.88. The average Bonchev–Trinajstić information content (AvgIpc) is 3.03. The Morgan fingerprint density at radius 3 is 2.95 bits per heavy atom. The second kappa shape index (κ2) is 5.25. The zero-order valence-electron chi connectivity index (χ0n) is 11.0. The van der Waals surface area contributed by atoms with Gasteiger partial charge in [0, 0.05) is 30.7 Å². The van der Waals surface area contributed by atoms with Crippen LogP contribution in [0, 0.1) is 0 Å². The average molecular weight is 333 g/mol. The fourth-order valence-electron chi connectivity index (χ4n) is 2.18. The van der Waals surface area contributed by atoms with Crippen molar-refractivity contribution in [2.24, 2.45) is 7.05 Å². The first-order valence-electron chi connectivity index (χ1n) is 6.33. The standard InChI is InChI=1S/C15H13BrN2O2/c1-18-11(7-8-17-18)5-6-13(19)14-9-10-3-2-4-12(16)15(10)20-14/h2-4,7-9H,5-6H2,1H3. The molecule has 20 heavy (non-hydrogen) atoms. The SMILES string of the molecule is Cn1nccc1CCC(=O)c1cc2cccc(Br)c2o1. The largest absolute Gasteiger partial charge is 0.452 e. The lowest BCUT2D eigenvalue weighted by molar-refractivity contribution is 0.0957. The van der Waals surface area contributed by atoms with Crippen molar-refractivity contribution in [3.05, 3.63) is 52.5 Å².